The molecule has 0 atom stereocenters. The highest BCUT2D eigenvalue weighted by atomic mass is 35.5. The summed E-state index contributed by atoms with van der Waals surface area (Å²) in [7, 11) is 0. The van der Waals surface area contributed by atoms with Crippen LogP contribution in [0.15, 0.2) is 48.2 Å². The lowest BCUT2D eigenvalue weighted by molar-refractivity contribution is -0.136. The summed E-state index contributed by atoms with van der Waals surface area (Å²) >= 11 is 12.0. The highest BCUT2D eigenvalue weighted by molar-refractivity contribution is 6.37. The smallest absolute Gasteiger partial charge is 0.278 e. The van der Waals surface area contributed by atoms with Gasteiger partial charge in [-0.3, -0.25) is 14.5 Å². The Kier molecular flexibility index (Phi) is 4.84. The molecular formula is C19H16Cl2N2O2. The summed E-state index contributed by atoms with van der Waals surface area (Å²) in [5.74, 6) is -0.672. The quantitative estimate of drug-likeness (QED) is 0.800. The Labute approximate surface area is 156 Å². The van der Waals surface area contributed by atoms with Crippen LogP contribution < -0.4 is 5.32 Å². The zero-order chi connectivity index (χ0) is 18.1. The fourth-order valence-electron chi connectivity index (χ4n) is 2.73. The number of carbonyl (C=O) groups is 2. The molecule has 0 unspecified atom stereocenters. The van der Waals surface area contributed by atoms with Crippen molar-refractivity contribution in [2.45, 2.75) is 13.8 Å². The summed E-state index contributed by atoms with van der Waals surface area (Å²) in [5.41, 5.74) is 2.83. The number of likely N-dealkylation sites (N-methyl/N-ethyl adjacent to an activating group) is 1. The fraction of sp³-hybridized carbons (Fsp3) is 0.158. The number of anilines is 1. The highest BCUT2D eigenvalue weighted by Gasteiger charge is 2.38. The lowest BCUT2D eigenvalue weighted by Crippen LogP contribution is -2.32. The molecule has 0 spiro atoms. The van der Waals surface area contributed by atoms with Crippen LogP contribution in [-0.2, 0) is 9.59 Å². The van der Waals surface area contributed by atoms with E-state index in [4.69, 9.17) is 23.2 Å². The van der Waals surface area contributed by atoms with Gasteiger partial charge in [0.25, 0.3) is 11.8 Å². The van der Waals surface area contributed by atoms with E-state index < -0.39 is 0 Å². The van der Waals surface area contributed by atoms with Crippen LogP contribution in [0, 0.1) is 6.92 Å². The van der Waals surface area contributed by atoms with Crippen molar-refractivity contribution in [1.29, 1.82) is 0 Å². The van der Waals surface area contributed by atoms with Crippen LogP contribution in [0.2, 0.25) is 10.0 Å². The second-order valence-electron chi connectivity index (χ2n) is 5.70. The van der Waals surface area contributed by atoms with E-state index in [2.05, 4.69) is 5.32 Å². The first-order valence-electron chi connectivity index (χ1n) is 7.82. The lowest BCUT2D eigenvalue weighted by atomic mass is 10.0. The van der Waals surface area contributed by atoms with E-state index >= 15 is 0 Å². The summed E-state index contributed by atoms with van der Waals surface area (Å²) in [5, 5.41) is 4.22. The van der Waals surface area contributed by atoms with Gasteiger partial charge in [-0.05, 0) is 49.2 Å². The molecule has 0 aliphatic carbocycles. The third-order valence-corrected chi connectivity index (χ3v) is 4.56. The van der Waals surface area contributed by atoms with Crippen molar-refractivity contribution in [3.05, 3.63) is 69.3 Å². The molecule has 25 heavy (non-hydrogen) atoms. The average Bonchev–Trinajstić information content (AvgIpc) is 2.82. The second kappa shape index (κ2) is 6.90. The van der Waals surface area contributed by atoms with Gasteiger partial charge < -0.3 is 5.32 Å². The number of amides is 2. The van der Waals surface area contributed by atoms with Gasteiger partial charge in [-0.2, -0.15) is 0 Å². The van der Waals surface area contributed by atoms with E-state index in [1.807, 2.05) is 13.0 Å². The number of nitrogens with one attached hydrogen (secondary N) is 1. The number of hydrogen-bond acceptors (Lipinski definition) is 3. The molecule has 0 bridgehead atoms. The van der Waals surface area contributed by atoms with Gasteiger partial charge in [0.15, 0.2) is 0 Å². The number of imide groups is 1. The van der Waals surface area contributed by atoms with E-state index in [0.717, 1.165) is 5.56 Å². The second-order valence-corrected chi connectivity index (χ2v) is 6.57. The lowest BCUT2D eigenvalue weighted by Gasteiger charge is -2.13. The summed E-state index contributed by atoms with van der Waals surface area (Å²) in [6.45, 7) is 3.97. The zero-order valence-corrected chi connectivity index (χ0v) is 15.3. The van der Waals surface area contributed by atoms with Gasteiger partial charge in [0, 0.05) is 22.3 Å². The summed E-state index contributed by atoms with van der Waals surface area (Å²) < 4.78 is 0. The molecule has 3 rings (SSSR count). The number of benzene rings is 2. The molecule has 1 aliphatic rings. The van der Waals surface area contributed by atoms with Gasteiger partial charge in [0.05, 0.1) is 5.57 Å². The minimum absolute atomic E-state index is 0.250. The normalized spacial score (nSPS) is 14.5. The summed E-state index contributed by atoms with van der Waals surface area (Å²) in [6.07, 6.45) is 0. The molecule has 0 aromatic heterocycles. The van der Waals surface area contributed by atoms with Gasteiger partial charge in [-0.15, -0.1) is 0 Å². The van der Waals surface area contributed by atoms with Crippen molar-refractivity contribution in [2.24, 2.45) is 0 Å². The van der Waals surface area contributed by atoms with E-state index in [1.165, 1.54) is 4.90 Å². The van der Waals surface area contributed by atoms with Crippen molar-refractivity contribution < 1.29 is 9.59 Å². The van der Waals surface area contributed by atoms with Crippen molar-refractivity contribution in [3.63, 3.8) is 0 Å². The largest absolute Gasteiger partial charge is 0.350 e. The molecule has 1 N–H and O–H groups in total. The predicted molar refractivity (Wildman–Crippen MR) is 101 cm³/mol. The molecule has 2 amide bonds. The average molecular weight is 375 g/mol. The Morgan fingerprint density at radius 2 is 1.60 bits per heavy atom. The monoisotopic (exact) mass is 374 g/mol. The van der Waals surface area contributed by atoms with E-state index in [-0.39, 0.29) is 17.5 Å². The number of halogens is 2. The molecule has 6 heteroatoms. The van der Waals surface area contributed by atoms with E-state index in [0.29, 0.717) is 33.4 Å². The number of hydrogen-bond donors (Lipinski definition) is 1. The molecule has 0 saturated carbocycles. The molecule has 1 heterocycles. The van der Waals surface area contributed by atoms with Crippen LogP contribution in [-0.4, -0.2) is 23.3 Å². The highest BCUT2D eigenvalue weighted by Crippen LogP contribution is 2.32. The molecule has 128 valence electrons. The van der Waals surface area contributed by atoms with Crippen LogP contribution in [0.3, 0.4) is 0 Å². The maximum atomic E-state index is 12.7. The minimum atomic E-state index is -0.350. The van der Waals surface area contributed by atoms with Gasteiger partial charge in [0.2, 0.25) is 0 Å². The third kappa shape index (κ3) is 3.28. The molecule has 0 fully saturated rings. The number of rotatable bonds is 4. The topological polar surface area (TPSA) is 49.4 Å². The first-order valence-corrected chi connectivity index (χ1v) is 8.57. The molecule has 0 radical (unpaired) electrons. The van der Waals surface area contributed by atoms with Crippen LogP contribution in [0.5, 0.6) is 0 Å². The number of nitrogens with zero attached hydrogens (tertiary/aromatic N) is 1. The Balaban J connectivity index is 2.12. The Hall–Kier alpha value is -2.30. The van der Waals surface area contributed by atoms with Crippen LogP contribution in [0.4, 0.5) is 5.69 Å². The van der Waals surface area contributed by atoms with Crippen molar-refractivity contribution in [2.75, 3.05) is 11.9 Å². The summed E-state index contributed by atoms with van der Waals surface area (Å²) in [4.78, 5) is 26.7. The van der Waals surface area contributed by atoms with E-state index in [9.17, 15) is 9.59 Å². The predicted octanol–water partition coefficient (Wildman–Crippen LogP) is 4.51. The Morgan fingerprint density at radius 1 is 0.960 bits per heavy atom. The zero-order valence-electron chi connectivity index (χ0n) is 13.8. The Bertz CT molecular complexity index is 889. The standard InChI is InChI=1S/C19H16Cl2N2O2/c1-3-23-18(24)16(12-5-8-13(20)9-6-12)17(19(23)25)22-15-10-14(21)7-4-11(15)2/h4-10,22H,3H2,1-2H3. The van der Waals surface area contributed by atoms with E-state index in [1.54, 1.807) is 43.3 Å². The maximum absolute atomic E-state index is 12.7. The fourth-order valence-corrected chi connectivity index (χ4v) is 3.03. The molecule has 4 nitrogen and oxygen atoms in total. The van der Waals surface area contributed by atoms with Gasteiger partial charge in [-0.1, -0.05) is 41.4 Å². The van der Waals surface area contributed by atoms with Gasteiger partial charge in [0.1, 0.15) is 5.70 Å². The van der Waals surface area contributed by atoms with Crippen LogP contribution in [0.25, 0.3) is 5.57 Å². The van der Waals surface area contributed by atoms with Crippen molar-refractivity contribution >= 4 is 46.3 Å². The van der Waals surface area contributed by atoms with Gasteiger partial charge in [-0.25, -0.2) is 0 Å². The van der Waals surface area contributed by atoms with Crippen molar-refractivity contribution in [1.82, 2.24) is 4.90 Å². The molecule has 0 saturated heterocycles. The SMILES string of the molecule is CCN1C(=O)C(Nc2cc(Cl)ccc2C)=C(c2ccc(Cl)cc2)C1=O. The first-order chi connectivity index (χ1) is 11.9. The molecular weight excluding hydrogens is 359 g/mol. The first kappa shape index (κ1) is 17.5. The maximum Gasteiger partial charge on any atom is 0.278 e. The number of carbonyl (C=O) groups excluding carboxylic acids is 2. The molecule has 2 aromatic carbocycles. The Morgan fingerprint density at radius 3 is 2.24 bits per heavy atom. The minimum Gasteiger partial charge on any atom is -0.350 e. The van der Waals surface area contributed by atoms with Gasteiger partial charge >= 0.3 is 0 Å². The van der Waals surface area contributed by atoms with Crippen molar-refractivity contribution in [3.8, 4) is 0 Å². The van der Waals surface area contributed by atoms with Crippen LogP contribution >= 0.6 is 23.2 Å². The number of aryl methyl sites for hydroxylation is 1. The molecule has 2 aromatic rings. The third-order valence-electron chi connectivity index (χ3n) is 4.08. The molecule has 1 aliphatic heterocycles. The summed E-state index contributed by atoms with van der Waals surface area (Å²) in [6, 6.07) is 12.2. The van der Waals surface area contributed by atoms with Crippen LogP contribution in [0.1, 0.15) is 18.1 Å².